The highest BCUT2D eigenvalue weighted by atomic mass is 16.7. The molecule has 4 aliphatic carbocycles. The van der Waals surface area contributed by atoms with Crippen molar-refractivity contribution in [1.29, 1.82) is 0 Å². The number of benzene rings is 1. The SMILES string of the molecule is CC1=CC(=O)[C@H]2[C@@H](/C1=N/OC(=O)c1cccc([N+](=O)[O-])c1)[C@@H]1C=C[C@@H]2CC1. The Hall–Kier alpha value is -3.09. The van der Waals surface area contributed by atoms with Crippen LogP contribution in [-0.4, -0.2) is 22.4 Å². The molecule has 0 aliphatic heterocycles. The minimum Gasteiger partial charge on any atom is -0.313 e. The lowest BCUT2D eigenvalue weighted by Crippen LogP contribution is -2.47. The summed E-state index contributed by atoms with van der Waals surface area (Å²) in [4.78, 5) is 40.2. The van der Waals surface area contributed by atoms with Gasteiger partial charge in [-0.15, -0.1) is 0 Å². The van der Waals surface area contributed by atoms with E-state index in [-0.39, 0.29) is 40.7 Å². The third-order valence-corrected chi connectivity index (χ3v) is 5.67. The summed E-state index contributed by atoms with van der Waals surface area (Å²) < 4.78 is 0. The number of allylic oxidation sites excluding steroid dienone is 4. The van der Waals surface area contributed by atoms with Crippen molar-refractivity contribution >= 4 is 23.2 Å². The normalized spacial score (nSPS) is 30.0. The van der Waals surface area contributed by atoms with Crippen LogP contribution in [0.25, 0.3) is 0 Å². The number of oxime groups is 1. The average molecular weight is 366 g/mol. The van der Waals surface area contributed by atoms with Crippen LogP contribution in [0.3, 0.4) is 0 Å². The van der Waals surface area contributed by atoms with Crippen molar-refractivity contribution in [3.05, 3.63) is 63.7 Å². The topological polar surface area (TPSA) is 98.9 Å². The molecule has 0 amide bonds. The maximum atomic E-state index is 12.5. The van der Waals surface area contributed by atoms with Gasteiger partial charge in [0.15, 0.2) is 5.78 Å². The lowest BCUT2D eigenvalue weighted by Gasteiger charge is -2.46. The van der Waals surface area contributed by atoms with Crippen LogP contribution in [-0.2, 0) is 9.63 Å². The van der Waals surface area contributed by atoms with Gasteiger partial charge >= 0.3 is 5.97 Å². The summed E-state index contributed by atoms with van der Waals surface area (Å²) in [5.74, 6) is -0.460. The second kappa shape index (κ2) is 6.57. The average Bonchev–Trinajstić information content (AvgIpc) is 2.68. The molecule has 27 heavy (non-hydrogen) atoms. The first-order valence-electron chi connectivity index (χ1n) is 8.90. The van der Waals surface area contributed by atoms with Gasteiger partial charge in [-0.3, -0.25) is 14.9 Å². The number of nitrogens with zero attached hydrogens (tertiary/aromatic N) is 2. The molecule has 4 atom stereocenters. The molecular formula is C20H18N2O5. The molecule has 0 spiro atoms. The highest BCUT2D eigenvalue weighted by Crippen LogP contribution is 2.48. The zero-order chi connectivity index (χ0) is 19.1. The van der Waals surface area contributed by atoms with Crippen molar-refractivity contribution in [3.8, 4) is 0 Å². The number of carbonyl (C=O) groups excluding carboxylic acids is 2. The second-order valence-electron chi connectivity index (χ2n) is 7.23. The van der Waals surface area contributed by atoms with E-state index in [9.17, 15) is 19.7 Å². The smallest absolute Gasteiger partial charge is 0.313 e. The number of non-ortho nitro benzene ring substituents is 1. The lowest BCUT2D eigenvalue weighted by atomic mass is 9.57. The number of hydrogen-bond acceptors (Lipinski definition) is 6. The van der Waals surface area contributed by atoms with Crippen molar-refractivity contribution in [2.24, 2.45) is 28.8 Å². The van der Waals surface area contributed by atoms with Crippen LogP contribution in [0.15, 0.2) is 53.2 Å². The molecule has 0 heterocycles. The minimum absolute atomic E-state index is 0.0590. The Balaban J connectivity index is 1.61. The molecule has 2 bridgehead atoms. The molecule has 1 aromatic rings. The molecule has 1 fully saturated rings. The molecule has 0 saturated heterocycles. The zero-order valence-corrected chi connectivity index (χ0v) is 14.7. The molecule has 0 N–H and O–H groups in total. The fourth-order valence-electron chi connectivity index (χ4n) is 4.42. The first kappa shape index (κ1) is 17.3. The van der Waals surface area contributed by atoms with E-state index in [1.54, 1.807) is 13.0 Å². The molecule has 0 radical (unpaired) electrons. The van der Waals surface area contributed by atoms with Crippen molar-refractivity contribution in [2.75, 3.05) is 0 Å². The van der Waals surface area contributed by atoms with Gasteiger partial charge in [-0.05, 0) is 49.3 Å². The van der Waals surface area contributed by atoms with E-state index in [1.807, 2.05) is 0 Å². The van der Waals surface area contributed by atoms with Gasteiger partial charge in [-0.25, -0.2) is 4.79 Å². The minimum atomic E-state index is -0.760. The van der Waals surface area contributed by atoms with E-state index in [4.69, 9.17) is 4.84 Å². The quantitative estimate of drug-likeness (QED) is 0.353. The summed E-state index contributed by atoms with van der Waals surface area (Å²) in [5, 5.41) is 15.0. The van der Waals surface area contributed by atoms with Gasteiger partial charge < -0.3 is 4.84 Å². The van der Waals surface area contributed by atoms with E-state index in [0.29, 0.717) is 11.3 Å². The van der Waals surface area contributed by atoms with E-state index in [2.05, 4.69) is 17.3 Å². The predicted octanol–water partition coefficient (Wildman–Crippen LogP) is 3.47. The standard InChI is InChI=1S/C20H18N2O5/c1-11-9-16(23)17-12-5-7-13(8-6-12)18(17)19(11)21-27-20(24)14-3-2-4-15(10-14)22(25)26/h2-5,7,9-10,12-13,17-18H,6,8H2,1H3/b21-19+/t12-,13-,17+,18+/m1/s1. The molecule has 0 unspecified atom stereocenters. The number of nitro groups is 1. The summed E-state index contributed by atoms with van der Waals surface area (Å²) in [7, 11) is 0. The van der Waals surface area contributed by atoms with Crippen LogP contribution in [0.2, 0.25) is 0 Å². The Labute approximate surface area is 155 Å². The largest absolute Gasteiger partial charge is 0.365 e. The lowest BCUT2D eigenvalue weighted by molar-refractivity contribution is -0.384. The number of carbonyl (C=O) groups is 2. The van der Waals surface area contributed by atoms with E-state index in [0.717, 1.165) is 18.9 Å². The Morgan fingerprint density at radius 3 is 2.59 bits per heavy atom. The number of rotatable bonds is 3. The zero-order valence-electron chi connectivity index (χ0n) is 14.7. The van der Waals surface area contributed by atoms with Crippen LogP contribution in [0.5, 0.6) is 0 Å². The van der Waals surface area contributed by atoms with Gasteiger partial charge in [0, 0.05) is 24.0 Å². The third-order valence-electron chi connectivity index (χ3n) is 5.67. The fraction of sp³-hybridized carbons (Fsp3) is 0.350. The summed E-state index contributed by atoms with van der Waals surface area (Å²) >= 11 is 0. The van der Waals surface area contributed by atoms with E-state index < -0.39 is 10.9 Å². The molecular weight excluding hydrogens is 348 g/mol. The number of hydrogen-bond donors (Lipinski definition) is 0. The molecule has 7 heteroatoms. The number of ketones is 1. The van der Waals surface area contributed by atoms with Crippen LogP contribution in [0.1, 0.15) is 30.1 Å². The van der Waals surface area contributed by atoms with Gasteiger partial charge in [-0.2, -0.15) is 0 Å². The summed E-state index contributed by atoms with van der Waals surface area (Å²) in [6.07, 6.45) is 7.81. The van der Waals surface area contributed by atoms with Crippen LogP contribution in [0, 0.1) is 33.8 Å². The van der Waals surface area contributed by atoms with Gasteiger partial charge in [0.2, 0.25) is 0 Å². The van der Waals surface area contributed by atoms with Crippen LogP contribution in [0.4, 0.5) is 5.69 Å². The van der Waals surface area contributed by atoms with Crippen LogP contribution >= 0.6 is 0 Å². The third kappa shape index (κ3) is 2.99. The predicted molar refractivity (Wildman–Crippen MR) is 97.0 cm³/mol. The van der Waals surface area contributed by atoms with E-state index >= 15 is 0 Å². The Kier molecular flexibility index (Phi) is 4.22. The van der Waals surface area contributed by atoms with Gasteiger partial charge in [0.05, 0.1) is 16.2 Å². The first-order valence-corrected chi connectivity index (χ1v) is 8.90. The first-order chi connectivity index (χ1) is 13.0. The molecule has 1 aromatic carbocycles. The molecule has 138 valence electrons. The molecule has 1 saturated carbocycles. The Morgan fingerprint density at radius 1 is 1.22 bits per heavy atom. The van der Waals surface area contributed by atoms with Crippen molar-refractivity contribution in [3.63, 3.8) is 0 Å². The summed E-state index contributed by atoms with van der Waals surface area (Å²) in [5.41, 5.74) is 1.20. The maximum absolute atomic E-state index is 12.5. The second-order valence-corrected chi connectivity index (χ2v) is 7.23. The Bertz CT molecular complexity index is 930. The van der Waals surface area contributed by atoms with Gasteiger partial charge in [-0.1, -0.05) is 23.4 Å². The van der Waals surface area contributed by atoms with Gasteiger partial charge in [0.25, 0.3) is 5.69 Å². The van der Waals surface area contributed by atoms with Gasteiger partial charge in [0.1, 0.15) is 0 Å². The highest BCUT2D eigenvalue weighted by molar-refractivity contribution is 6.13. The number of fused-ring (bicyclic) bond motifs is 1. The van der Waals surface area contributed by atoms with Crippen molar-refractivity contribution in [1.82, 2.24) is 0 Å². The highest BCUT2D eigenvalue weighted by Gasteiger charge is 2.48. The van der Waals surface area contributed by atoms with E-state index in [1.165, 1.54) is 18.2 Å². The fourth-order valence-corrected chi connectivity index (χ4v) is 4.42. The maximum Gasteiger partial charge on any atom is 0.365 e. The molecule has 7 nitrogen and oxygen atoms in total. The Morgan fingerprint density at radius 2 is 1.93 bits per heavy atom. The number of nitro benzene ring substituents is 1. The molecule has 4 aliphatic rings. The monoisotopic (exact) mass is 366 g/mol. The van der Waals surface area contributed by atoms with Crippen molar-refractivity contribution < 1.29 is 19.3 Å². The van der Waals surface area contributed by atoms with Crippen molar-refractivity contribution in [2.45, 2.75) is 19.8 Å². The molecule has 0 aromatic heterocycles. The van der Waals surface area contributed by atoms with Crippen LogP contribution < -0.4 is 0 Å². The summed E-state index contributed by atoms with van der Waals surface area (Å²) in [6, 6.07) is 5.33. The molecule has 5 rings (SSSR count). The summed E-state index contributed by atoms with van der Waals surface area (Å²) in [6.45, 7) is 1.79.